The molecule has 2 aromatic carbocycles. The lowest BCUT2D eigenvalue weighted by Crippen LogP contribution is -2.49. The molecule has 27 heavy (non-hydrogen) atoms. The van der Waals surface area contributed by atoms with E-state index < -0.39 is 0 Å². The minimum atomic E-state index is -0.249. The number of carbonyl (C=O) groups excluding carboxylic acids is 2. The van der Waals surface area contributed by atoms with E-state index in [9.17, 15) is 9.59 Å². The number of carbonyl (C=O) groups is 2. The van der Waals surface area contributed by atoms with Crippen LogP contribution in [0.1, 0.15) is 6.42 Å². The lowest BCUT2D eigenvalue weighted by Gasteiger charge is -2.36. The number of para-hydroxylation sites is 2. The smallest absolute Gasteiger partial charge is 0.228 e. The van der Waals surface area contributed by atoms with E-state index in [1.54, 1.807) is 12.1 Å². The largest absolute Gasteiger partial charge is 0.368 e. The minimum Gasteiger partial charge on any atom is -0.368 e. The van der Waals surface area contributed by atoms with Gasteiger partial charge in [-0.3, -0.25) is 9.59 Å². The third kappa shape index (κ3) is 3.93. The molecule has 2 aromatic rings. The number of halogens is 1. The van der Waals surface area contributed by atoms with E-state index in [4.69, 9.17) is 11.6 Å². The van der Waals surface area contributed by atoms with Crippen LogP contribution >= 0.6 is 11.6 Å². The summed E-state index contributed by atoms with van der Waals surface area (Å²) in [4.78, 5) is 29.3. The van der Waals surface area contributed by atoms with E-state index >= 15 is 0 Å². The van der Waals surface area contributed by atoms with Crippen LogP contribution in [0.5, 0.6) is 0 Å². The van der Waals surface area contributed by atoms with Gasteiger partial charge < -0.3 is 15.1 Å². The van der Waals surface area contributed by atoms with Gasteiger partial charge in [-0.1, -0.05) is 41.9 Å². The Kier molecular flexibility index (Phi) is 5.03. The highest BCUT2D eigenvalue weighted by Gasteiger charge is 2.49. The zero-order valence-corrected chi connectivity index (χ0v) is 15.7. The molecule has 2 unspecified atom stereocenters. The molecule has 0 spiro atoms. The van der Waals surface area contributed by atoms with Gasteiger partial charge in [-0.25, -0.2) is 0 Å². The van der Waals surface area contributed by atoms with Crippen LogP contribution in [0.15, 0.2) is 54.6 Å². The fourth-order valence-corrected chi connectivity index (χ4v) is 3.79. The van der Waals surface area contributed by atoms with Crippen LogP contribution in [0, 0.1) is 11.8 Å². The zero-order chi connectivity index (χ0) is 18.8. The molecule has 2 aliphatic rings. The second-order valence-corrected chi connectivity index (χ2v) is 7.47. The molecule has 1 saturated carbocycles. The number of amides is 2. The van der Waals surface area contributed by atoms with Gasteiger partial charge in [0.2, 0.25) is 11.8 Å². The zero-order valence-electron chi connectivity index (χ0n) is 15.0. The fraction of sp³-hybridized carbons (Fsp3) is 0.333. The molecule has 1 aliphatic heterocycles. The SMILES string of the molecule is O=C(Nc1ccccc1Cl)C1CC1C(=O)N1CCN(c2ccccc2)CC1. The van der Waals surface area contributed by atoms with Crippen molar-refractivity contribution in [1.82, 2.24) is 4.90 Å². The van der Waals surface area contributed by atoms with Gasteiger partial charge >= 0.3 is 0 Å². The number of hydrogen-bond donors (Lipinski definition) is 1. The first-order chi connectivity index (χ1) is 13.1. The number of nitrogens with zero attached hydrogens (tertiary/aromatic N) is 2. The highest BCUT2D eigenvalue weighted by atomic mass is 35.5. The third-order valence-electron chi connectivity index (χ3n) is 5.29. The summed E-state index contributed by atoms with van der Waals surface area (Å²) in [7, 11) is 0. The van der Waals surface area contributed by atoms with Gasteiger partial charge in [0.25, 0.3) is 0 Å². The first kappa shape index (κ1) is 17.9. The summed E-state index contributed by atoms with van der Waals surface area (Å²) in [6.07, 6.45) is 0.619. The number of hydrogen-bond acceptors (Lipinski definition) is 3. The summed E-state index contributed by atoms with van der Waals surface area (Å²) in [5.41, 5.74) is 1.78. The fourth-order valence-electron chi connectivity index (χ4n) is 3.60. The predicted molar refractivity (Wildman–Crippen MR) is 107 cm³/mol. The van der Waals surface area contributed by atoms with Gasteiger partial charge in [-0.05, 0) is 30.7 Å². The first-order valence-corrected chi connectivity index (χ1v) is 9.65. The van der Waals surface area contributed by atoms with E-state index in [1.807, 2.05) is 35.2 Å². The Bertz CT molecular complexity index is 834. The normalized spacial score (nSPS) is 21.7. The van der Waals surface area contributed by atoms with Crippen molar-refractivity contribution >= 4 is 34.8 Å². The highest BCUT2D eigenvalue weighted by molar-refractivity contribution is 6.33. The summed E-state index contributed by atoms with van der Waals surface area (Å²) < 4.78 is 0. The maximum Gasteiger partial charge on any atom is 0.228 e. The summed E-state index contributed by atoms with van der Waals surface area (Å²) in [5.74, 6) is -0.469. The molecule has 0 radical (unpaired) electrons. The van der Waals surface area contributed by atoms with E-state index in [0.29, 0.717) is 30.2 Å². The van der Waals surface area contributed by atoms with E-state index in [-0.39, 0.29) is 23.7 Å². The Morgan fingerprint density at radius 3 is 2.26 bits per heavy atom. The van der Waals surface area contributed by atoms with Crippen LogP contribution < -0.4 is 10.2 Å². The molecule has 1 aliphatic carbocycles. The van der Waals surface area contributed by atoms with E-state index in [1.165, 1.54) is 5.69 Å². The molecule has 2 atom stereocenters. The summed E-state index contributed by atoms with van der Waals surface area (Å²) >= 11 is 6.08. The molecule has 6 heteroatoms. The highest BCUT2D eigenvalue weighted by Crippen LogP contribution is 2.41. The van der Waals surface area contributed by atoms with Crippen LogP contribution in [-0.2, 0) is 9.59 Å². The molecule has 4 rings (SSSR count). The van der Waals surface area contributed by atoms with Crippen LogP contribution in [-0.4, -0.2) is 42.9 Å². The van der Waals surface area contributed by atoms with Gasteiger partial charge in [-0.15, -0.1) is 0 Å². The predicted octanol–water partition coefficient (Wildman–Crippen LogP) is 3.26. The number of anilines is 2. The van der Waals surface area contributed by atoms with Gasteiger partial charge in [0.1, 0.15) is 0 Å². The molecule has 0 bridgehead atoms. The van der Waals surface area contributed by atoms with Gasteiger partial charge in [-0.2, -0.15) is 0 Å². The summed E-state index contributed by atoms with van der Waals surface area (Å²) in [5, 5.41) is 3.34. The van der Waals surface area contributed by atoms with Crippen molar-refractivity contribution in [2.75, 3.05) is 36.4 Å². The standard InChI is InChI=1S/C21H22ClN3O2/c22-18-8-4-5-9-19(18)23-20(26)16-14-17(16)21(27)25-12-10-24(11-13-25)15-6-2-1-3-7-15/h1-9,16-17H,10-14H2,(H,23,26). The average Bonchev–Trinajstić information content (AvgIpc) is 3.51. The Morgan fingerprint density at radius 2 is 1.56 bits per heavy atom. The maximum atomic E-state index is 12.7. The van der Waals surface area contributed by atoms with Crippen molar-refractivity contribution < 1.29 is 9.59 Å². The average molecular weight is 384 g/mol. The molecule has 2 amide bonds. The Labute approximate surface area is 163 Å². The number of nitrogens with one attached hydrogen (secondary N) is 1. The van der Waals surface area contributed by atoms with Crippen molar-refractivity contribution in [2.24, 2.45) is 11.8 Å². The lowest BCUT2D eigenvalue weighted by atomic mass is 10.2. The van der Waals surface area contributed by atoms with Crippen LogP contribution in [0.4, 0.5) is 11.4 Å². The molecular weight excluding hydrogens is 362 g/mol. The molecule has 1 heterocycles. The van der Waals surface area contributed by atoms with E-state index in [0.717, 1.165) is 13.1 Å². The number of rotatable bonds is 4. The van der Waals surface area contributed by atoms with Crippen molar-refractivity contribution in [3.63, 3.8) is 0 Å². The number of benzene rings is 2. The van der Waals surface area contributed by atoms with Crippen molar-refractivity contribution in [3.05, 3.63) is 59.6 Å². The molecular formula is C21H22ClN3O2. The lowest BCUT2D eigenvalue weighted by molar-refractivity contribution is -0.134. The van der Waals surface area contributed by atoms with Crippen LogP contribution in [0.2, 0.25) is 5.02 Å². The molecule has 1 N–H and O–H groups in total. The Balaban J connectivity index is 1.29. The van der Waals surface area contributed by atoms with Gasteiger partial charge in [0.15, 0.2) is 0 Å². The van der Waals surface area contributed by atoms with Crippen LogP contribution in [0.25, 0.3) is 0 Å². The summed E-state index contributed by atoms with van der Waals surface area (Å²) in [6.45, 7) is 3.03. The topological polar surface area (TPSA) is 52.7 Å². The van der Waals surface area contributed by atoms with Gasteiger partial charge in [0, 0.05) is 31.9 Å². The quantitative estimate of drug-likeness (QED) is 0.881. The number of piperazine rings is 1. The maximum absolute atomic E-state index is 12.7. The van der Waals surface area contributed by atoms with Gasteiger partial charge in [0.05, 0.1) is 22.5 Å². The molecule has 0 aromatic heterocycles. The first-order valence-electron chi connectivity index (χ1n) is 9.27. The second kappa shape index (κ2) is 7.61. The van der Waals surface area contributed by atoms with Crippen molar-refractivity contribution in [3.8, 4) is 0 Å². The van der Waals surface area contributed by atoms with Crippen LogP contribution in [0.3, 0.4) is 0 Å². The molecule has 2 fully saturated rings. The Morgan fingerprint density at radius 1 is 0.889 bits per heavy atom. The van der Waals surface area contributed by atoms with Crippen molar-refractivity contribution in [2.45, 2.75) is 6.42 Å². The molecule has 5 nitrogen and oxygen atoms in total. The minimum absolute atomic E-state index is 0.0991. The monoisotopic (exact) mass is 383 g/mol. The molecule has 140 valence electrons. The Hall–Kier alpha value is -2.53. The molecule has 1 saturated heterocycles. The summed E-state index contributed by atoms with van der Waals surface area (Å²) in [6, 6.07) is 17.4. The van der Waals surface area contributed by atoms with E-state index in [2.05, 4.69) is 22.3 Å². The van der Waals surface area contributed by atoms with Crippen molar-refractivity contribution in [1.29, 1.82) is 0 Å². The third-order valence-corrected chi connectivity index (χ3v) is 5.62. The second-order valence-electron chi connectivity index (χ2n) is 7.07.